The van der Waals surface area contributed by atoms with Gasteiger partial charge in [-0.05, 0) is 57.5 Å². The Morgan fingerprint density at radius 1 is 0.925 bits per heavy atom. The predicted octanol–water partition coefficient (Wildman–Crippen LogP) is 5.93. The van der Waals surface area contributed by atoms with E-state index >= 15 is 0 Å². The van der Waals surface area contributed by atoms with Crippen LogP contribution in [0.4, 0.5) is 10.8 Å². The third-order valence-electron chi connectivity index (χ3n) is 6.45. The number of anilines is 2. The fourth-order valence-corrected chi connectivity index (χ4v) is 5.43. The van der Waals surface area contributed by atoms with Crippen molar-refractivity contribution in [1.82, 2.24) is 10.3 Å². The van der Waals surface area contributed by atoms with Crippen LogP contribution in [0.3, 0.4) is 0 Å². The van der Waals surface area contributed by atoms with E-state index in [4.69, 9.17) is 23.9 Å². The van der Waals surface area contributed by atoms with Gasteiger partial charge in [-0.25, -0.2) is 14.6 Å². The highest BCUT2D eigenvalue weighted by molar-refractivity contribution is 7.14. The van der Waals surface area contributed by atoms with Gasteiger partial charge in [0.05, 0.1) is 50.2 Å². The van der Waals surface area contributed by atoms with E-state index in [2.05, 4.69) is 10.6 Å². The van der Waals surface area contributed by atoms with Crippen LogP contribution in [0.15, 0.2) is 70.4 Å². The van der Waals surface area contributed by atoms with Gasteiger partial charge in [-0.1, -0.05) is 18.2 Å². The summed E-state index contributed by atoms with van der Waals surface area (Å²) in [6.07, 6.45) is 0. The summed E-state index contributed by atoms with van der Waals surface area (Å²) >= 11 is 1.44. The monoisotopic (exact) mass is 563 g/mol. The number of carbonyl (C=O) groups is 2. The number of nitrogens with one attached hydrogen (secondary N) is 2. The maximum Gasteiger partial charge on any atom is 0.336 e. The molecule has 0 unspecified atom stereocenters. The minimum Gasteiger partial charge on any atom is -0.493 e. The standard InChI is InChI=1S/C30H33N3O6S/c1-7-38-28(34)25-17(3)31-18(4)26(29(35)39-8-2)27(25)20-11-9-10-12-21(20)32-30-33-22(16-40-30)19-13-14-23(36-5)24(15-19)37-6/h9-16,27,31H,7-8H2,1-6H3,(H,32,33). The summed E-state index contributed by atoms with van der Waals surface area (Å²) in [5, 5.41) is 9.16. The molecule has 40 heavy (non-hydrogen) atoms. The first kappa shape index (κ1) is 28.7. The van der Waals surface area contributed by atoms with Crippen molar-refractivity contribution in [1.29, 1.82) is 0 Å². The molecule has 10 heteroatoms. The van der Waals surface area contributed by atoms with Crippen LogP contribution in [0.5, 0.6) is 11.5 Å². The highest BCUT2D eigenvalue weighted by atomic mass is 32.1. The summed E-state index contributed by atoms with van der Waals surface area (Å²) in [5.74, 6) is -0.454. The third kappa shape index (κ3) is 5.81. The lowest BCUT2D eigenvalue weighted by molar-refractivity contribution is -0.139. The van der Waals surface area contributed by atoms with E-state index < -0.39 is 17.9 Å². The Morgan fingerprint density at radius 2 is 1.55 bits per heavy atom. The van der Waals surface area contributed by atoms with Crippen LogP contribution >= 0.6 is 11.3 Å². The van der Waals surface area contributed by atoms with E-state index in [0.29, 0.717) is 44.9 Å². The second-order valence-corrected chi connectivity index (χ2v) is 9.75. The number of benzene rings is 2. The lowest BCUT2D eigenvalue weighted by atomic mass is 9.79. The smallest absolute Gasteiger partial charge is 0.336 e. The predicted molar refractivity (Wildman–Crippen MR) is 155 cm³/mol. The summed E-state index contributed by atoms with van der Waals surface area (Å²) in [5.41, 5.74) is 5.01. The molecule has 0 bridgehead atoms. The number of dihydropyridines is 1. The number of allylic oxidation sites excluding steroid dienone is 2. The number of methoxy groups -OCH3 is 2. The number of ether oxygens (including phenoxy) is 4. The molecule has 2 N–H and O–H groups in total. The number of nitrogens with zero attached hydrogens (tertiary/aromatic N) is 1. The molecule has 1 aromatic heterocycles. The van der Waals surface area contributed by atoms with Crippen LogP contribution in [0.1, 0.15) is 39.2 Å². The second kappa shape index (κ2) is 12.7. The van der Waals surface area contributed by atoms with E-state index in [9.17, 15) is 9.59 Å². The molecular formula is C30H33N3O6S. The van der Waals surface area contributed by atoms with Crippen LogP contribution in [0, 0.1) is 0 Å². The molecule has 0 saturated carbocycles. The molecule has 2 heterocycles. The zero-order chi connectivity index (χ0) is 28.8. The SMILES string of the molecule is CCOC(=O)C1=C(C)NC(C)=C(C(=O)OCC)C1c1ccccc1Nc1nc(-c2ccc(OC)c(OC)c2)cs1. The van der Waals surface area contributed by atoms with Gasteiger partial charge in [-0.15, -0.1) is 11.3 Å². The molecule has 0 spiro atoms. The van der Waals surface area contributed by atoms with Crippen LogP contribution in [-0.4, -0.2) is 44.4 Å². The highest BCUT2D eigenvalue weighted by Gasteiger charge is 2.39. The fourth-order valence-electron chi connectivity index (χ4n) is 4.70. The van der Waals surface area contributed by atoms with Crippen molar-refractivity contribution in [2.24, 2.45) is 0 Å². The summed E-state index contributed by atoms with van der Waals surface area (Å²) in [4.78, 5) is 31.2. The number of para-hydroxylation sites is 1. The van der Waals surface area contributed by atoms with Crippen molar-refractivity contribution in [3.05, 3.63) is 75.9 Å². The molecule has 0 radical (unpaired) electrons. The van der Waals surface area contributed by atoms with Crippen molar-refractivity contribution in [3.63, 3.8) is 0 Å². The quantitative estimate of drug-likeness (QED) is 0.290. The molecule has 0 fully saturated rings. The average molecular weight is 564 g/mol. The van der Waals surface area contributed by atoms with Crippen molar-refractivity contribution in [2.75, 3.05) is 32.8 Å². The van der Waals surface area contributed by atoms with Crippen molar-refractivity contribution in [3.8, 4) is 22.8 Å². The van der Waals surface area contributed by atoms with Crippen LogP contribution in [-0.2, 0) is 19.1 Å². The molecule has 1 aliphatic rings. The topological polar surface area (TPSA) is 108 Å². The number of hydrogen-bond acceptors (Lipinski definition) is 10. The Bertz CT molecular complexity index is 1440. The Balaban J connectivity index is 1.76. The van der Waals surface area contributed by atoms with Crippen LogP contribution in [0.2, 0.25) is 0 Å². The number of esters is 2. The largest absolute Gasteiger partial charge is 0.493 e. The molecule has 9 nitrogen and oxygen atoms in total. The lowest BCUT2D eigenvalue weighted by Crippen LogP contribution is -2.32. The number of rotatable bonds is 10. The second-order valence-electron chi connectivity index (χ2n) is 8.90. The Morgan fingerprint density at radius 3 is 2.15 bits per heavy atom. The number of thiazole rings is 1. The van der Waals surface area contributed by atoms with E-state index in [1.54, 1.807) is 41.9 Å². The van der Waals surface area contributed by atoms with E-state index in [1.165, 1.54) is 11.3 Å². The zero-order valence-corrected chi connectivity index (χ0v) is 24.2. The first-order chi connectivity index (χ1) is 19.3. The van der Waals surface area contributed by atoms with Gasteiger partial charge >= 0.3 is 11.9 Å². The van der Waals surface area contributed by atoms with Gasteiger partial charge in [-0.3, -0.25) is 0 Å². The highest BCUT2D eigenvalue weighted by Crippen LogP contribution is 2.43. The van der Waals surface area contributed by atoms with Crippen molar-refractivity contribution >= 4 is 34.1 Å². The number of carbonyl (C=O) groups excluding carboxylic acids is 2. The Labute approximate surface area is 237 Å². The fraction of sp³-hybridized carbons (Fsp3) is 0.300. The minimum atomic E-state index is -0.715. The lowest BCUT2D eigenvalue weighted by Gasteiger charge is -2.31. The molecule has 0 amide bonds. The van der Waals surface area contributed by atoms with Crippen molar-refractivity contribution < 1.29 is 28.5 Å². The van der Waals surface area contributed by atoms with Gasteiger partial charge in [-0.2, -0.15) is 0 Å². The molecule has 4 rings (SSSR count). The van der Waals surface area contributed by atoms with Crippen molar-refractivity contribution in [2.45, 2.75) is 33.6 Å². The van der Waals surface area contributed by atoms with Gasteiger partial charge in [0.2, 0.25) is 0 Å². The maximum absolute atomic E-state index is 13.2. The molecule has 3 aromatic rings. The van der Waals surface area contributed by atoms with E-state index in [1.807, 2.05) is 47.8 Å². The first-order valence-corrected chi connectivity index (χ1v) is 13.8. The summed E-state index contributed by atoms with van der Waals surface area (Å²) in [6.45, 7) is 7.52. The molecule has 210 valence electrons. The summed E-state index contributed by atoms with van der Waals surface area (Å²) < 4.78 is 21.6. The minimum absolute atomic E-state index is 0.206. The van der Waals surface area contributed by atoms with Gasteiger partial charge in [0.15, 0.2) is 16.6 Å². The maximum atomic E-state index is 13.2. The zero-order valence-electron chi connectivity index (χ0n) is 23.4. The molecule has 0 atom stereocenters. The molecular weight excluding hydrogens is 530 g/mol. The molecule has 0 aliphatic carbocycles. The van der Waals surface area contributed by atoms with Gasteiger partial charge < -0.3 is 29.6 Å². The number of hydrogen-bond donors (Lipinski definition) is 2. The normalized spacial score (nSPS) is 13.6. The molecule has 1 aliphatic heterocycles. The van der Waals surface area contributed by atoms with E-state index in [-0.39, 0.29) is 13.2 Å². The van der Waals surface area contributed by atoms with E-state index in [0.717, 1.165) is 16.8 Å². The van der Waals surface area contributed by atoms with Crippen LogP contribution in [0.25, 0.3) is 11.3 Å². The average Bonchev–Trinajstić information content (AvgIpc) is 3.41. The first-order valence-electron chi connectivity index (χ1n) is 12.9. The molecule has 2 aromatic carbocycles. The summed E-state index contributed by atoms with van der Waals surface area (Å²) in [7, 11) is 3.19. The summed E-state index contributed by atoms with van der Waals surface area (Å²) in [6, 6.07) is 13.2. The Kier molecular flexibility index (Phi) is 9.11. The number of aromatic nitrogens is 1. The van der Waals surface area contributed by atoms with Gasteiger partial charge in [0.1, 0.15) is 0 Å². The third-order valence-corrected chi connectivity index (χ3v) is 7.21. The van der Waals surface area contributed by atoms with Gasteiger partial charge in [0, 0.05) is 28.0 Å². The van der Waals surface area contributed by atoms with Crippen LogP contribution < -0.4 is 20.1 Å². The van der Waals surface area contributed by atoms with Gasteiger partial charge in [0.25, 0.3) is 0 Å². The molecule has 0 saturated heterocycles. The Hall–Kier alpha value is -4.31.